The molecule has 0 spiro atoms. The molecule has 0 aliphatic carbocycles. The fraction of sp³-hybridized carbons (Fsp3) is 0.500. The van der Waals surface area contributed by atoms with Crippen molar-refractivity contribution in [3.8, 4) is 0 Å². The summed E-state index contributed by atoms with van der Waals surface area (Å²) in [7, 11) is 0. The molecule has 56 valence electrons. The van der Waals surface area contributed by atoms with E-state index in [1.54, 1.807) is 0 Å². The van der Waals surface area contributed by atoms with Gasteiger partial charge < -0.3 is 5.32 Å². The van der Waals surface area contributed by atoms with Crippen LogP contribution in [0.5, 0.6) is 0 Å². The smallest absolute Gasteiger partial charge is 0.280 e. The van der Waals surface area contributed by atoms with Crippen molar-refractivity contribution in [2.75, 3.05) is 6.54 Å². The fourth-order valence-corrected chi connectivity index (χ4v) is 0.894. The average Bonchev–Trinajstić information content (AvgIpc) is 2.05. The van der Waals surface area contributed by atoms with Crippen LogP contribution >= 0.6 is 0 Å². The number of carbonyl (C=O) groups is 1. The van der Waals surface area contributed by atoms with Gasteiger partial charge in [0.05, 0.1) is 5.70 Å². The van der Waals surface area contributed by atoms with E-state index in [-0.39, 0.29) is 5.91 Å². The largest absolute Gasteiger partial charge is 0.381 e. The van der Waals surface area contributed by atoms with Crippen molar-refractivity contribution in [3.63, 3.8) is 0 Å². The number of nitrogens with one attached hydrogen (secondary N) is 2. The third-order valence-corrected chi connectivity index (χ3v) is 1.42. The van der Waals surface area contributed by atoms with E-state index < -0.39 is 0 Å². The fourth-order valence-electron chi connectivity index (χ4n) is 0.894. The second kappa shape index (κ2) is 3.22. The predicted molar refractivity (Wildman–Crippen MR) is 37.6 cm³/mol. The summed E-state index contributed by atoms with van der Waals surface area (Å²) in [6.45, 7) is 0.860. The molecule has 0 aromatic carbocycles. The molecule has 1 aliphatic heterocycles. The van der Waals surface area contributed by atoms with E-state index in [2.05, 4.69) is 10.7 Å². The number of carbonyl (C=O) groups excluding carboxylic acids is 1. The predicted octanol–water partition coefficient (Wildman–Crippen LogP) is -0.756. The van der Waals surface area contributed by atoms with Crippen molar-refractivity contribution in [3.05, 3.63) is 11.8 Å². The summed E-state index contributed by atoms with van der Waals surface area (Å²) in [6.07, 6.45) is 3.89. The van der Waals surface area contributed by atoms with Crippen LogP contribution in [0, 0.1) is 0 Å². The zero-order valence-corrected chi connectivity index (χ0v) is 5.68. The van der Waals surface area contributed by atoms with Gasteiger partial charge in [0.1, 0.15) is 0 Å². The zero-order valence-electron chi connectivity index (χ0n) is 5.68. The first-order chi connectivity index (χ1) is 4.84. The highest BCUT2D eigenvalue weighted by molar-refractivity contribution is 5.92. The van der Waals surface area contributed by atoms with Crippen LogP contribution in [0.25, 0.3) is 0 Å². The van der Waals surface area contributed by atoms with Gasteiger partial charge in [-0.05, 0) is 12.8 Å². The number of hydrazine groups is 1. The molecular weight excluding hydrogens is 130 g/mol. The normalized spacial score (nSPS) is 17.1. The van der Waals surface area contributed by atoms with Crippen molar-refractivity contribution in [2.24, 2.45) is 5.84 Å². The first kappa shape index (κ1) is 7.08. The highest BCUT2D eigenvalue weighted by Gasteiger charge is 2.08. The Labute approximate surface area is 59.4 Å². The minimum Gasteiger partial charge on any atom is -0.381 e. The summed E-state index contributed by atoms with van der Waals surface area (Å²) in [6, 6.07) is 0. The molecule has 0 aromatic rings. The third kappa shape index (κ3) is 1.48. The lowest BCUT2D eigenvalue weighted by Crippen LogP contribution is -2.37. The lowest BCUT2D eigenvalue weighted by molar-refractivity contribution is -0.118. The Morgan fingerprint density at radius 2 is 2.60 bits per heavy atom. The maximum atomic E-state index is 10.8. The van der Waals surface area contributed by atoms with Gasteiger partial charge in [0, 0.05) is 6.54 Å². The van der Waals surface area contributed by atoms with Crippen molar-refractivity contribution in [1.82, 2.24) is 10.7 Å². The van der Waals surface area contributed by atoms with Gasteiger partial charge in [-0.15, -0.1) is 0 Å². The molecule has 1 amide bonds. The topological polar surface area (TPSA) is 67.1 Å². The molecule has 0 bridgehead atoms. The molecule has 0 unspecified atom stereocenters. The molecule has 0 radical (unpaired) electrons. The van der Waals surface area contributed by atoms with Crippen LogP contribution in [0.4, 0.5) is 0 Å². The molecule has 4 heteroatoms. The zero-order chi connectivity index (χ0) is 7.40. The molecule has 0 atom stereocenters. The number of amides is 1. The molecule has 0 saturated heterocycles. The maximum absolute atomic E-state index is 10.8. The Bertz CT molecular complexity index is 164. The molecule has 4 nitrogen and oxygen atoms in total. The molecular formula is C6H11N3O. The standard InChI is InChI=1S/C6H11N3O/c7-9-6(10)5-3-1-2-4-8-5/h3,8H,1-2,4,7H2,(H,9,10). The second-order valence-corrected chi connectivity index (χ2v) is 2.16. The highest BCUT2D eigenvalue weighted by Crippen LogP contribution is 2.01. The van der Waals surface area contributed by atoms with E-state index >= 15 is 0 Å². The van der Waals surface area contributed by atoms with E-state index in [0.29, 0.717) is 5.70 Å². The lowest BCUT2D eigenvalue weighted by Gasteiger charge is -2.13. The van der Waals surface area contributed by atoms with E-state index in [9.17, 15) is 4.79 Å². The van der Waals surface area contributed by atoms with Gasteiger partial charge in [-0.2, -0.15) is 0 Å². The molecule has 0 fully saturated rings. The molecule has 1 aliphatic rings. The Morgan fingerprint density at radius 1 is 1.80 bits per heavy atom. The number of allylic oxidation sites excluding steroid dienone is 1. The molecule has 1 heterocycles. The third-order valence-electron chi connectivity index (χ3n) is 1.42. The van der Waals surface area contributed by atoms with Gasteiger partial charge >= 0.3 is 0 Å². The molecule has 4 N–H and O–H groups in total. The van der Waals surface area contributed by atoms with Crippen LogP contribution in [0.2, 0.25) is 0 Å². The van der Waals surface area contributed by atoms with Crippen molar-refractivity contribution in [2.45, 2.75) is 12.8 Å². The minimum absolute atomic E-state index is 0.236. The van der Waals surface area contributed by atoms with Crippen molar-refractivity contribution < 1.29 is 4.79 Å². The minimum atomic E-state index is -0.236. The number of nitrogens with two attached hydrogens (primary N) is 1. The van der Waals surface area contributed by atoms with Gasteiger partial charge in [-0.1, -0.05) is 6.08 Å². The van der Waals surface area contributed by atoms with Crippen LogP contribution in [0.15, 0.2) is 11.8 Å². The van der Waals surface area contributed by atoms with E-state index in [0.717, 1.165) is 19.4 Å². The van der Waals surface area contributed by atoms with E-state index in [4.69, 9.17) is 5.84 Å². The summed E-state index contributed by atoms with van der Waals surface area (Å²) in [5.74, 6) is 4.69. The highest BCUT2D eigenvalue weighted by atomic mass is 16.2. The number of rotatable bonds is 1. The first-order valence-corrected chi connectivity index (χ1v) is 3.29. The number of hydrogen-bond acceptors (Lipinski definition) is 3. The summed E-state index contributed by atoms with van der Waals surface area (Å²) in [5, 5.41) is 2.94. The summed E-state index contributed by atoms with van der Waals surface area (Å²) >= 11 is 0. The number of hydrogen-bond donors (Lipinski definition) is 3. The van der Waals surface area contributed by atoms with Gasteiger partial charge in [0.25, 0.3) is 5.91 Å². The van der Waals surface area contributed by atoms with Crippen LogP contribution in [0.1, 0.15) is 12.8 Å². The van der Waals surface area contributed by atoms with Crippen LogP contribution in [0.3, 0.4) is 0 Å². The van der Waals surface area contributed by atoms with Crippen LogP contribution in [-0.4, -0.2) is 12.5 Å². The van der Waals surface area contributed by atoms with Gasteiger partial charge in [-0.3, -0.25) is 10.2 Å². The Kier molecular flexibility index (Phi) is 2.28. The van der Waals surface area contributed by atoms with Crippen molar-refractivity contribution >= 4 is 5.91 Å². The SMILES string of the molecule is NNC(=O)C1=CCCCN1. The van der Waals surface area contributed by atoms with Gasteiger partial charge in [-0.25, -0.2) is 5.84 Å². The molecule has 0 aromatic heterocycles. The molecule has 0 saturated carbocycles. The maximum Gasteiger partial charge on any atom is 0.280 e. The Morgan fingerprint density at radius 3 is 3.10 bits per heavy atom. The van der Waals surface area contributed by atoms with Gasteiger partial charge in [0.2, 0.25) is 0 Å². The van der Waals surface area contributed by atoms with Crippen LogP contribution in [-0.2, 0) is 4.79 Å². The summed E-state index contributed by atoms with van der Waals surface area (Å²) in [4.78, 5) is 10.8. The lowest BCUT2D eigenvalue weighted by atomic mass is 10.2. The van der Waals surface area contributed by atoms with E-state index in [1.165, 1.54) is 0 Å². The second-order valence-electron chi connectivity index (χ2n) is 2.16. The average molecular weight is 141 g/mol. The Balaban J connectivity index is 2.53. The molecule has 10 heavy (non-hydrogen) atoms. The molecule has 1 rings (SSSR count). The monoisotopic (exact) mass is 141 g/mol. The first-order valence-electron chi connectivity index (χ1n) is 3.29. The van der Waals surface area contributed by atoms with Gasteiger partial charge in [0.15, 0.2) is 0 Å². The Hall–Kier alpha value is -1.03. The summed E-state index contributed by atoms with van der Waals surface area (Å²) in [5.41, 5.74) is 2.66. The quantitative estimate of drug-likeness (QED) is 0.255. The van der Waals surface area contributed by atoms with Crippen molar-refractivity contribution in [1.29, 1.82) is 0 Å². The van der Waals surface area contributed by atoms with Crippen LogP contribution < -0.4 is 16.6 Å². The summed E-state index contributed by atoms with van der Waals surface area (Å²) < 4.78 is 0. The van der Waals surface area contributed by atoms with E-state index in [1.807, 2.05) is 6.08 Å².